The van der Waals surface area contributed by atoms with Gasteiger partial charge in [-0.15, -0.1) is 0 Å². The minimum absolute atomic E-state index is 0.316. The maximum atomic E-state index is 13.6. The van der Waals surface area contributed by atoms with E-state index in [4.69, 9.17) is 5.14 Å². The summed E-state index contributed by atoms with van der Waals surface area (Å²) in [5, 5.41) is 12.8. The monoisotopic (exact) mass is 382 g/mol. The van der Waals surface area contributed by atoms with Gasteiger partial charge >= 0.3 is 0 Å². The second-order valence-electron chi connectivity index (χ2n) is 5.81. The fourth-order valence-electron chi connectivity index (χ4n) is 2.76. The number of hydrogen-bond acceptors (Lipinski definition) is 5. The van der Waals surface area contributed by atoms with Crippen molar-refractivity contribution in [1.82, 2.24) is 14.8 Å². The van der Waals surface area contributed by atoms with Crippen LogP contribution in [0.5, 0.6) is 0 Å². The molecule has 2 atom stereocenters. The van der Waals surface area contributed by atoms with Gasteiger partial charge in [0.15, 0.2) is 0 Å². The molecule has 0 saturated carbocycles. The first-order valence-electron chi connectivity index (χ1n) is 8.05. The first-order valence-corrected chi connectivity index (χ1v) is 9.26. The summed E-state index contributed by atoms with van der Waals surface area (Å²) >= 11 is 0. The first-order chi connectivity index (χ1) is 13.1. The third-order valence-corrected chi connectivity index (χ3v) is 4.76. The summed E-state index contributed by atoms with van der Waals surface area (Å²) < 4.78 is 26.5. The average Bonchev–Trinajstić information content (AvgIpc) is 3.03. The molecule has 0 fully saturated rings. The fourth-order valence-corrected chi connectivity index (χ4v) is 3.17. The van der Waals surface area contributed by atoms with Gasteiger partial charge in [-0.25, -0.2) is 18.4 Å². The minimum atomic E-state index is -1.52. The zero-order valence-corrected chi connectivity index (χ0v) is 14.8. The van der Waals surface area contributed by atoms with Crippen molar-refractivity contribution < 1.29 is 8.60 Å². The van der Waals surface area contributed by atoms with Gasteiger partial charge in [0.05, 0.1) is 10.9 Å². The molecule has 1 aromatic heterocycles. The molecule has 3 N–H and O–H groups in total. The van der Waals surface area contributed by atoms with Crippen LogP contribution in [-0.2, 0) is 11.0 Å². The van der Waals surface area contributed by atoms with E-state index in [0.29, 0.717) is 16.7 Å². The SMILES string of the molecule is NS(=O)c1ccc(NC2=Nc3ncnn3C(c3cccc(F)c3)C=C2)cc1. The van der Waals surface area contributed by atoms with E-state index in [1.807, 2.05) is 12.1 Å². The van der Waals surface area contributed by atoms with Crippen molar-refractivity contribution in [2.75, 3.05) is 5.32 Å². The molecule has 2 unspecified atom stereocenters. The lowest BCUT2D eigenvalue weighted by Crippen LogP contribution is -2.09. The number of rotatable bonds is 3. The molecule has 7 nitrogen and oxygen atoms in total. The zero-order chi connectivity index (χ0) is 18.8. The molecule has 0 saturated heterocycles. The third kappa shape index (κ3) is 3.69. The number of anilines is 1. The van der Waals surface area contributed by atoms with Crippen LogP contribution in [0.3, 0.4) is 0 Å². The number of halogens is 1. The van der Waals surface area contributed by atoms with E-state index >= 15 is 0 Å². The predicted molar refractivity (Wildman–Crippen MR) is 101 cm³/mol. The Balaban J connectivity index is 1.64. The number of nitrogens with zero attached hydrogens (tertiary/aromatic N) is 4. The Bertz CT molecular complexity index is 1060. The Morgan fingerprint density at radius 2 is 2.00 bits per heavy atom. The molecule has 1 aliphatic rings. The molecule has 0 radical (unpaired) electrons. The van der Waals surface area contributed by atoms with Crippen LogP contribution in [0.15, 0.2) is 76.9 Å². The van der Waals surface area contributed by atoms with Crippen LogP contribution in [0.4, 0.5) is 16.0 Å². The molecule has 136 valence electrons. The van der Waals surface area contributed by atoms with E-state index in [9.17, 15) is 8.60 Å². The summed E-state index contributed by atoms with van der Waals surface area (Å²) in [6, 6.07) is 12.9. The van der Waals surface area contributed by atoms with Gasteiger partial charge in [-0.05, 0) is 48.0 Å². The lowest BCUT2D eigenvalue weighted by Gasteiger charge is -2.13. The molecular weight excluding hydrogens is 367 g/mol. The van der Waals surface area contributed by atoms with Crippen LogP contribution in [0.2, 0.25) is 0 Å². The second-order valence-corrected chi connectivity index (χ2v) is 6.87. The third-order valence-electron chi connectivity index (χ3n) is 4.02. The van der Waals surface area contributed by atoms with Crippen molar-refractivity contribution in [3.63, 3.8) is 0 Å². The van der Waals surface area contributed by atoms with Crippen LogP contribution < -0.4 is 10.5 Å². The van der Waals surface area contributed by atoms with Crippen molar-refractivity contribution in [2.24, 2.45) is 10.1 Å². The molecule has 3 aromatic rings. The highest BCUT2D eigenvalue weighted by Gasteiger charge is 2.19. The number of fused-ring (bicyclic) bond motifs is 1. The molecule has 2 heterocycles. The van der Waals surface area contributed by atoms with Gasteiger partial charge in [-0.2, -0.15) is 15.1 Å². The lowest BCUT2D eigenvalue weighted by atomic mass is 10.1. The minimum Gasteiger partial charge on any atom is -0.340 e. The van der Waals surface area contributed by atoms with Gasteiger partial charge in [0.2, 0.25) is 0 Å². The van der Waals surface area contributed by atoms with Gasteiger partial charge in [0, 0.05) is 5.69 Å². The molecular formula is C18H15FN6OS. The van der Waals surface area contributed by atoms with Crippen LogP contribution in [0, 0.1) is 5.82 Å². The van der Waals surface area contributed by atoms with Gasteiger partial charge in [-0.1, -0.05) is 18.2 Å². The smallest absolute Gasteiger partial charge is 0.250 e. The van der Waals surface area contributed by atoms with Crippen LogP contribution in [-0.4, -0.2) is 24.8 Å². The summed E-state index contributed by atoms with van der Waals surface area (Å²) in [5.41, 5.74) is 1.49. The van der Waals surface area contributed by atoms with Crippen molar-refractivity contribution in [3.05, 3.63) is 78.4 Å². The van der Waals surface area contributed by atoms with E-state index in [1.165, 1.54) is 18.5 Å². The summed E-state index contributed by atoms with van der Waals surface area (Å²) in [6.45, 7) is 0. The molecule has 0 amide bonds. The van der Waals surface area contributed by atoms with E-state index in [1.54, 1.807) is 41.1 Å². The zero-order valence-electron chi connectivity index (χ0n) is 14.0. The Hall–Kier alpha value is -3.17. The lowest BCUT2D eigenvalue weighted by molar-refractivity contribution is 0.597. The molecule has 0 spiro atoms. The largest absolute Gasteiger partial charge is 0.340 e. The molecule has 0 aliphatic carbocycles. The first kappa shape index (κ1) is 17.3. The van der Waals surface area contributed by atoms with Crippen molar-refractivity contribution in [1.29, 1.82) is 0 Å². The number of allylic oxidation sites excluding steroid dienone is 1. The summed E-state index contributed by atoms with van der Waals surface area (Å²) in [6.07, 6.45) is 5.07. The number of hydrogen-bond donors (Lipinski definition) is 2. The number of amidine groups is 1. The van der Waals surface area contributed by atoms with E-state index in [2.05, 4.69) is 20.4 Å². The second kappa shape index (κ2) is 7.22. The normalized spacial score (nSPS) is 17.0. The molecule has 9 heteroatoms. The number of aliphatic imine (C=N–C) groups is 1. The Morgan fingerprint density at radius 1 is 1.19 bits per heavy atom. The van der Waals surface area contributed by atoms with Gasteiger partial charge < -0.3 is 5.32 Å². The van der Waals surface area contributed by atoms with Crippen LogP contribution in [0.1, 0.15) is 11.6 Å². The van der Waals surface area contributed by atoms with E-state index in [0.717, 1.165) is 11.3 Å². The maximum Gasteiger partial charge on any atom is 0.250 e. The number of aromatic nitrogens is 3. The predicted octanol–water partition coefficient (Wildman–Crippen LogP) is 2.70. The maximum absolute atomic E-state index is 13.6. The summed E-state index contributed by atoms with van der Waals surface area (Å²) in [7, 11) is -1.52. The average molecular weight is 382 g/mol. The topological polar surface area (TPSA) is 98.2 Å². The molecule has 2 aromatic carbocycles. The Labute approximate surface area is 157 Å². The number of nitrogens with one attached hydrogen (secondary N) is 1. The van der Waals surface area contributed by atoms with Gasteiger partial charge in [-0.3, -0.25) is 0 Å². The summed E-state index contributed by atoms with van der Waals surface area (Å²) in [5.74, 6) is 0.629. The van der Waals surface area contributed by atoms with Crippen LogP contribution in [0.25, 0.3) is 0 Å². The highest BCUT2D eigenvalue weighted by molar-refractivity contribution is 7.82. The van der Waals surface area contributed by atoms with Crippen molar-refractivity contribution in [3.8, 4) is 0 Å². The summed E-state index contributed by atoms with van der Waals surface area (Å²) in [4.78, 5) is 9.19. The number of benzene rings is 2. The fraction of sp³-hybridized carbons (Fsp3) is 0.0556. The quantitative estimate of drug-likeness (QED) is 0.728. The number of nitrogens with two attached hydrogens (primary N) is 1. The standard InChI is InChI=1S/C18H15FN6OS/c19-13-3-1-2-12(10-13)16-8-9-17(24-18-21-11-22-25(16)18)23-14-4-6-15(7-5-14)27(20)26/h1-11,16H,20H2,(H,21,22,23,24). The molecule has 1 aliphatic heterocycles. The van der Waals surface area contributed by atoms with E-state index in [-0.39, 0.29) is 11.9 Å². The highest BCUT2D eigenvalue weighted by atomic mass is 32.2. The van der Waals surface area contributed by atoms with E-state index < -0.39 is 11.0 Å². The van der Waals surface area contributed by atoms with Gasteiger partial charge in [0.25, 0.3) is 5.95 Å². The highest BCUT2D eigenvalue weighted by Crippen LogP contribution is 2.26. The molecule has 27 heavy (non-hydrogen) atoms. The Kier molecular flexibility index (Phi) is 4.61. The molecule has 0 bridgehead atoms. The van der Waals surface area contributed by atoms with Crippen molar-refractivity contribution >= 4 is 28.5 Å². The van der Waals surface area contributed by atoms with Crippen molar-refractivity contribution in [2.45, 2.75) is 10.9 Å². The van der Waals surface area contributed by atoms with Gasteiger partial charge in [0.1, 0.15) is 29.0 Å². The Morgan fingerprint density at radius 3 is 2.74 bits per heavy atom. The molecule has 4 rings (SSSR count). The van der Waals surface area contributed by atoms with Crippen LogP contribution >= 0.6 is 0 Å².